The Bertz CT molecular complexity index is 852. The molecule has 2 saturated heterocycles. The van der Waals surface area contributed by atoms with Gasteiger partial charge in [-0.2, -0.15) is 0 Å². The van der Waals surface area contributed by atoms with Gasteiger partial charge >= 0.3 is 6.03 Å². The maximum Gasteiger partial charge on any atom is 0.317 e. The van der Waals surface area contributed by atoms with E-state index >= 15 is 0 Å². The molecule has 2 fully saturated rings. The highest BCUT2D eigenvalue weighted by Gasteiger charge is 2.33. The number of hydrogen-bond acceptors (Lipinski definition) is 3. The molecule has 146 valence electrons. The van der Waals surface area contributed by atoms with Gasteiger partial charge < -0.3 is 20.0 Å². The molecule has 0 aromatic heterocycles. The lowest BCUT2D eigenvalue weighted by Gasteiger charge is -2.36. The first-order valence-corrected chi connectivity index (χ1v) is 9.90. The highest BCUT2D eigenvalue weighted by atomic mass is 35.5. The minimum Gasteiger partial charge on any atom is -0.367 e. The summed E-state index contributed by atoms with van der Waals surface area (Å²) < 4.78 is 0. The van der Waals surface area contributed by atoms with E-state index in [1.54, 1.807) is 4.90 Å². The van der Waals surface area contributed by atoms with Crippen LogP contribution in [0, 0.1) is 0 Å². The fourth-order valence-electron chi connectivity index (χ4n) is 3.79. The minimum atomic E-state index is -0.165. The highest BCUT2D eigenvalue weighted by Crippen LogP contribution is 2.26. The topological polar surface area (TPSA) is 55.9 Å². The van der Waals surface area contributed by atoms with Gasteiger partial charge in [-0.3, -0.25) is 4.79 Å². The van der Waals surface area contributed by atoms with Crippen LogP contribution in [0.5, 0.6) is 0 Å². The van der Waals surface area contributed by atoms with Crippen molar-refractivity contribution < 1.29 is 9.59 Å². The second-order valence-corrected chi connectivity index (χ2v) is 7.52. The van der Waals surface area contributed by atoms with Crippen LogP contribution in [-0.4, -0.2) is 55.6 Å². The molecule has 2 heterocycles. The number of anilines is 2. The zero-order valence-electron chi connectivity index (χ0n) is 15.6. The third-order valence-corrected chi connectivity index (χ3v) is 5.60. The first-order valence-electron chi connectivity index (χ1n) is 9.52. The van der Waals surface area contributed by atoms with Gasteiger partial charge in [0.15, 0.2) is 0 Å². The molecule has 3 amide bonds. The van der Waals surface area contributed by atoms with Gasteiger partial charge in [-0.15, -0.1) is 0 Å². The van der Waals surface area contributed by atoms with E-state index in [2.05, 4.69) is 10.2 Å². The Balaban J connectivity index is 1.31. The third-order valence-electron chi connectivity index (χ3n) is 5.28. The minimum absolute atomic E-state index is 0.0417. The Kier molecular flexibility index (Phi) is 5.39. The number of nitrogens with one attached hydrogen (secondary N) is 1. The summed E-state index contributed by atoms with van der Waals surface area (Å²) in [6.45, 7) is 3.22. The quantitative estimate of drug-likeness (QED) is 0.864. The van der Waals surface area contributed by atoms with E-state index in [1.165, 1.54) is 0 Å². The number of halogens is 1. The monoisotopic (exact) mass is 398 g/mol. The average molecular weight is 399 g/mol. The van der Waals surface area contributed by atoms with Crippen molar-refractivity contribution >= 4 is 34.9 Å². The Hall–Kier alpha value is -2.73. The number of nitrogens with zero attached hydrogens (tertiary/aromatic N) is 3. The molecule has 0 saturated carbocycles. The number of amides is 3. The normalized spacial score (nSPS) is 19.8. The molecule has 2 aliphatic heterocycles. The summed E-state index contributed by atoms with van der Waals surface area (Å²) in [6.07, 6.45) is 0.334. The van der Waals surface area contributed by atoms with Gasteiger partial charge in [0.25, 0.3) is 0 Å². The summed E-state index contributed by atoms with van der Waals surface area (Å²) in [6, 6.07) is 17.1. The first kappa shape index (κ1) is 18.6. The standard InChI is InChI=1S/C21H23ClN4O2/c22-18-8-4-5-9-19(18)24-10-12-25(13-11-24)21(28)23-16-14-20(27)26(15-16)17-6-2-1-3-7-17/h1-9,16H,10-15H2,(H,23,28)/t16-/m1/s1. The van der Waals surface area contributed by atoms with Crippen LogP contribution in [0.15, 0.2) is 54.6 Å². The van der Waals surface area contributed by atoms with E-state index in [4.69, 9.17) is 11.6 Å². The van der Waals surface area contributed by atoms with Crippen molar-refractivity contribution in [3.05, 3.63) is 59.6 Å². The molecule has 0 bridgehead atoms. The van der Waals surface area contributed by atoms with Crippen LogP contribution in [0.25, 0.3) is 0 Å². The largest absolute Gasteiger partial charge is 0.367 e. The summed E-state index contributed by atoms with van der Waals surface area (Å²) in [7, 11) is 0. The lowest BCUT2D eigenvalue weighted by atomic mass is 10.2. The summed E-state index contributed by atoms with van der Waals surface area (Å²) in [5.41, 5.74) is 1.88. The van der Waals surface area contributed by atoms with Crippen molar-refractivity contribution in [1.29, 1.82) is 0 Å². The van der Waals surface area contributed by atoms with Crippen LogP contribution in [0.3, 0.4) is 0 Å². The first-order chi connectivity index (χ1) is 13.6. The lowest BCUT2D eigenvalue weighted by molar-refractivity contribution is -0.117. The van der Waals surface area contributed by atoms with E-state index in [0.29, 0.717) is 26.1 Å². The molecule has 1 N–H and O–H groups in total. The molecule has 0 spiro atoms. The van der Waals surface area contributed by atoms with Crippen LogP contribution in [-0.2, 0) is 4.79 Å². The zero-order valence-corrected chi connectivity index (χ0v) is 16.3. The molecule has 28 heavy (non-hydrogen) atoms. The molecule has 6 nitrogen and oxygen atoms in total. The Labute approximate surface area is 169 Å². The third kappa shape index (κ3) is 3.92. The number of piperazine rings is 1. The number of urea groups is 1. The molecular formula is C21H23ClN4O2. The van der Waals surface area contributed by atoms with Crippen molar-refractivity contribution in [2.24, 2.45) is 0 Å². The smallest absolute Gasteiger partial charge is 0.317 e. The van der Waals surface area contributed by atoms with Gasteiger partial charge in [0.2, 0.25) is 5.91 Å². The van der Waals surface area contributed by atoms with Gasteiger partial charge in [-0.05, 0) is 24.3 Å². The molecule has 1 atom stereocenters. The van der Waals surface area contributed by atoms with E-state index in [-0.39, 0.29) is 18.0 Å². The molecular weight excluding hydrogens is 376 g/mol. The van der Waals surface area contributed by atoms with Crippen LogP contribution >= 0.6 is 11.6 Å². The van der Waals surface area contributed by atoms with Crippen LogP contribution in [0.4, 0.5) is 16.2 Å². The van der Waals surface area contributed by atoms with Gasteiger partial charge in [0.1, 0.15) is 0 Å². The fraction of sp³-hybridized carbons (Fsp3) is 0.333. The Morgan fingerprint density at radius 2 is 1.64 bits per heavy atom. The second-order valence-electron chi connectivity index (χ2n) is 7.12. The highest BCUT2D eigenvalue weighted by molar-refractivity contribution is 6.33. The number of benzene rings is 2. The van der Waals surface area contributed by atoms with Gasteiger partial charge in [-0.1, -0.05) is 41.9 Å². The summed E-state index contributed by atoms with van der Waals surface area (Å²) in [4.78, 5) is 30.7. The molecule has 2 aromatic rings. The van der Waals surface area contributed by atoms with Crippen LogP contribution < -0.4 is 15.1 Å². The number of carbonyl (C=O) groups is 2. The van der Waals surface area contributed by atoms with Crippen LogP contribution in [0.2, 0.25) is 5.02 Å². The summed E-state index contributed by atoms with van der Waals surface area (Å²) in [5.74, 6) is 0.0417. The maximum atomic E-state index is 12.7. The predicted octanol–water partition coefficient (Wildman–Crippen LogP) is 2.98. The van der Waals surface area contributed by atoms with Crippen molar-refractivity contribution in [3.8, 4) is 0 Å². The summed E-state index contributed by atoms with van der Waals surface area (Å²) >= 11 is 6.28. The number of rotatable bonds is 3. The van der Waals surface area contributed by atoms with Crippen molar-refractivity contribution in [2.75, 3.05) is 42.5 Å². The molecule has 7 heteroatoms. The fourth-order valence-corrected chi connectivity index (χ4v) is 4.04. The van der Waals surface area contributed by atoms with E-state index in [1.807, 2.05) is 59.5 Å². The number of hydrogen-bond donors (Lipinski definition) is 1. The molecule has 2 aromatic carbocycles. The van der Waals surface area contributed by atoms with Gasteiger partial charge in [-0.25, -0.2) is 4.79 Å². The Morgan fingerprint density at radius 1 is 0.964 bits per heavy atom. The molecule has 0 radical (unpaired) electrons. The molecule has 2 aliphatic rings. The lowest BCUT2D eigenvalue weighted by Crippen LogP contribution is -2.54. The number of para-hydroxylation sites is 2. The van der Waals surface area contributed by atoms with E-state index in [9.17, 15) is 9.59 Å². The SMILES string of the molecule is O=C(N[C@@H]1CC(=O)N(c2ccccc2)C1)N1CCN(c2ccccc2Cl)CC1. The maximum absolute atomic E-state index is 12.7. The molecule has 0 aliphatic carbocycles. The molecule has 0 unspecified atom stereocenters. The van der Waals surface area contributed by atoms with Crippen LogP contribution in [0.1, 0.15) is 6.42 Å². The van der Waals surface area contributed by atoms with Crippen molar-refractivity contribution in [1.82, 2.24) is 10.2 Å². The van der Waals surface area contributed by atoms with Gasteiger partial charge in [0, 0.05) is 44.8 Å². The van der Waals surface area contributed by atoms with E-state index in [0.717, 1.165) is 29.5 Å². The predicted molar refractivity (Wildman–Crippen MR) is 111 cm³/mol. The average Bonchev–Trinajstić information content (AvgIpc) is 3.09. The number of carbonyl (C=O) groups excluding carboxylic acids is 2. The van der Waals surface area contributed by atoms with E-state index < -0.39 is 0 Å². The van der Waals surface area contributed by atoms with Crippen molar-refractivity contribution in [3.63, 3.8) is 0 Å². The van der Waals surface area contributed by atoms with Gasteiger partial charge in [0.05, 0.1) is 16.8 Å². The van der Waals surface area contributed by atoms with Crippen molar-refractivity contribution in [2.45, 2.75) is 12.5 Å². The zero-order chi connectivity index (χ0) is 19.5. The molecule has 4 rings (SSSR count). The summed E-state index contributed by atoms with van der Waals surface area (Å²) in [5, 5.41) is 3.75. The Morgan fingerprint density at radius 3 is 2.36 bits per heavy atom. The second kappa shape index (κ2) is 8.10.